The van der Waals surface area contributed by atoms with Crippen molar-refractivity contribution in [2.45, 2.75) is 51.3 Å². The van der Waals surface area contributed by atoms with E-state index in [1.54, 1.807) is 31.7 Å². The van der Waals surface area contributed by atoms with Gasteiger partial charge in [-0.05, 0) is 63.5 Å². The van der Waals surface area contributed by atoms with Crippen LogP contribution in [0.1, 0.15) is 44.2 Å². The van der Waals surface area contributed by atoms with Crippen molar-refractivity contribution in [3.05, 3.63) is 65.7 Å². The molecule has 0 spiro atoms. The zero-order chi connectivity index (χ0) is 29.3. The van der Waals surface area contributed by atoms with E-state index in [0.717, 1.165) is 49.5 Å². The zero-order valence-corrected chi connectivity index (χ0v) is 24.8. The molecule has 11 heteroatoms. The number of sulfone groups is 1. The molecule has 0 amide bonds. The van der Waals surface area contributed by atoms with Crippen LogP contribution in [0.15, 0.2) is 43.0 Å². The summed E-state index contributed by atoms with van der Waals surface area (Å²) in [5.41, 5.74) is 2.95. The van der Waals surface area contributed by atoms with Gasteiger partial charge in [0.2, 0.25) is 5.95 Å². The molecule has 0 saturated carbocycles. The number of piperidine rings is 1. The van der Waals surface area contributed by atoms with E-state index in [1.165, 1.54) is 10.6 Å². The lowest BCUT2D eigenvalue weighted by Crippen LogP contribution is -2.42. The number of pyridine rings is 1. The first kappa shape index (κ1) is 29.1. The average molecular weight is 583 g/mol. The third kappa shape index (κ3) is 5.97. The average Bonchev–Trinajstić information content (AvgIpc) is 3.33. The highest BCUT2D eigenvalue weighted by molar-refractivity contribution is 7.90. The topological polar surface area (TPSA) is 84.2 Å². The highest BCUT2D eigenvalue weighted by Crippen LogP contribution is 2.35. The number of halogens is 2. The molecule has 4 aromatic rings. The SMILES string of the molecule is CCCS(=O)(=O)Cc1ccc(F)c(-n2cc(-c3cncc(CC)c3)c3nc(N(C)C4CCN(C)CC4)ncc32)c1F. The summed E-state index contributed by atoms with van der Waals surface area (Å²) in [6.07, 6.45) is 9.88. The first-order valence-corrected chi connectivity index (χ1v) is 15.9. The number of likely N-dealkylation sites (tertiary alicyclic amines) is 1. The molecule has 0 bridgehead atoms. The smallest absolute Gasteiger partial charge is 0.225 e. The lowest BCUT2D eigenvalue weighted by atomic mass is 10.0. The van der Waals surface area contributed by atoms with Crippen LogP contribution in [0.4, 0.5) is 14.7 Å². The van der Waals surface area contributed by atoms with E-state index < -0.39 is 27.2 Å². The van der Waals surface area contributed by atoms with Gasteiger partial charge in [-0.1, -0.05) is 19.9 Å². The molecule has 218 valence electrons. The Hall–Kier alpha value is -3.44. The van der Waals surface area contributed by atoms with E-state index >= 15 is 8.78 Å². The molecule has 1 fully saturated rings. The molecule has 3 aromatic heterocycles. The second-order valence-corrected chi connectivity index (χ2v) is 13.0. The number of fused-ring (bicyclic) bond motifs is 1. The molecule has 5 rings (SSSR count). The minimum atomic E-state index is -3.55. The van der Waals surface area contributed by atoms with Gasteiger partial charge in [0, 0.05) is 48.4 Å². The quantitative estimate of drug-likeness (QED) is 0.269. The van der Waals surface area contributed by atoms with Crippen LogP contribution in [-0.4, -0.2) is 71.8 Å². The van der Waals surface area contributed by atoms with Crippen LogP contribution in [0, 0.1) is 11.6 Å². The predicted molar refractivity (Wildman–Crippen MR) is 158 cm³/mol. The summed E-state index contributed by atoms with van der Waals surface area (Å²) in [7, 11) is 0.539. The summed E-state index contributed by atoms with van der Waals surface area (Å²) in [5, 5.41) is 0. The molecule has 1 aromatic carbocycles. The molecule has 41 heavy (non-hydrogen) atoms. The van der Waals surface area contributed by atoms with Crippen molar-refractivity contribution >= 4 is 26.8 Å². The Balaban J connectivity index is 1.67. The van der Waals surface area contributed by atoms with Gasteiger partial charge >= 0.3 is 0 Å². The molecule has 0 radical (unpaired) electrons. The molecular formula is C30H36F2N6O2S. The number of aryl methyl sites for hydroxylation is 1. The van der Waals surface area contributed by atoms with Crippen LogP contribution in [0.2, 0.25) is 0 Å². The Labute approximate surface area is 240 Å². The third-order valence-corrected chi connectivity index (χ3v) is 9.65. The molecule has 8 nitrogen and oxygen atoms in total. The fourth-order valence-corrected chi connectivity index (χ4v) is 6.94. The first-order chi connectivity index (χ1) is 19.6. The van der Waals surface area contributed by atoms with E-state index in [4.69, 9.17) is 4.98 Å². The fourth-order valence-electron chi connectivity index (χ4n) is 5.48. The molecule has 4 heterocycles. The molecule has 0 N–H and O–H groups in total. The second kappa shape index (κ2) is 11.8. The van der Waals surface area contributed by atoms with Gasteiger partial charge in [-0.25, -0.2) is 27.2 Å². The van der Waals surface area contributed by atoms with Crippen LogP contribution < -0.4 is 4.90 Å². The molecule has 0 aliphatic carbocycles. The van der Waals surface area contributed by atoms with Crippen molar-refractivity contribution < 1.29 is 17.2 Å². The normalized spacial score (nSPS) is 15.1. The third-order valence-electron chi connectivity index (χ3n) is 7.87. The van der Waals surface area contributed by atoms with Crippen LogP contribution in [0.25, 0.3) is 27.8 Å². The van der Waals surface area contributed by atoms with Gasteiger partial charge in [-0.3, -0.25) is 4.98 Å². The summed E-state index contributed by atoms with van der Waals surface area (Å²) in [4.78, 5) is 18.3. The summed E-state index contributed by atoms with van der Waals surface area (Å²) in [5.74, 6) is -1.77. The minimum Gasteiger partial charge on any atom is -0.341 e. The highest BCUT2D eigenvalue weighted by Gasteiger charge is 2.26. The van der Waals surface area contributed by atoms with Gasteiger partial charge in [0.25, 0.3) is 0 Å². The van der Waals surface area contributed by atoms with E-state index in [-0.39, 0.29) is 23.0 Å². The standard InChI is InChI=1S/C30H36F2N6O2S/c1-5-13-41(39,40)19-21-7-8-25(31)29(27(21)32)38-18-24(22-14-20(6-2)15-33-16-22)28-26(38)17-34-30(35-28)37(4)23-9-11-36(3)12-10-23/h7-8,14-18,23H,5-6,9-13,19H2,1-4H3. The van der Waals surface area contributed by atoms with E-state index in [0.29, 0.717) is 29.0 Å². The van der Waals surface area contributed by atoms with E-state index in [9.17, 15) is 8.42 Å². The fraction of sp³-hybridized carbons (Fsp3) is 0.433. The van der Waals surface area contributed by atoms with Gasteiger partial charge in [0.1, 0.15) is 17.0 Å². The Morgan fingerprint density at radius 2 is 1.85 bits per heavy atom. The summed E-state index contributed by atoms with van der Waals surface area (Å²) >= 11 is 0. The number of hydrogen-bond acceptors (Lipinski definition) is 7. The van der Waals surface area contributed by atoms with Gasteiger partial charge in [-0.15, -0.1) is 0 Å². The van der Waals surface area contributed by atoms with Crippen LogP contribution in [0.5, 0.6) is 0 Å². The Bertz CT molecular complexity index is 1670. The Morgan fingerprint density at radius 1 is 1.10 bits per heavy atom. The number of anilines is 1. The van der Waals surface area contributed by atoms with Gasteiger partial charge in [0.05, 0.1) is 23.2 Å². The molecule has 1 saturated heterocycles. The van der Waals surface area contributed by atoms with Crippen molar-refractivity contribution in [3.8, 4) is 16.8 Å². The maximum absolute atomic E-state index is 15.9. The first-order valence-electron chi connectivity index (χ1n) is 14.0. The number of rotatable bonds is 9. The molecule has 1 aliphatic rings. The van der Waals surface area contributed by atoms with Crippen LogP contribution in [0.3, 0.4) is 0 Å². The van der Waals surface area contributed by atoms with Crippen molar-refractivity contribution in [3.63, 3.8) is 0 Å². The summed E-state index contributed by atoms with van der Waals surface area (Å²) in [6.45, 7) is 5.75. The number of nitrogens with zero attached hydrogens (tertiary/aromatic N) is 6. The van der Waals surface area contributed by atoms with Crippen LogP contribution in [-0.2, 0) is 22.0 Å². The Kier molecular flexibility index (Phi) is 8.37. The molecule has 1 aliphatic heterocycles. The lowest BCUT2D eigenvalue weighted by Gasteiger charge is -2.35. The van der Waals surface area contributed by atoms with Gasteiger partial charge in [-0.2, -0.15) is 0 Å². The van der Waals surface area contributed by atoms with E-state index in [1.807, 2.05) is 20.0 Å². The zero-order valence-electron chi connectivity index (χ0n) is 23.9. The highest BCUT2D eigenvalue weighted by atomic mass is 32.2. The predicted octanol–water partition coefficient (Wildman–Crippen LogP) is 5.18. The maximum atomic E-state index is 15.9. The number of benzene rings is 1. The van der Waals surface area contributed by atoms with Crippen LogP contribution >= 0.6 is 0 Å². The largest absolute Gasteiger partial charge is 0.341 e. The second-order valence-electron chi connectivity index (χ2n) is 10.9. The monoisotopic (exact) mass is 582 g/mol. The van der Waals surface area contributed by atoms with Crippen molar-refractivity contribution in [2.75, 3.05) is 37.8 Å². The van der Waals surface area contributed by atoms with Gasteiger partial charge in [0.15, 0.2) is 15.7 Å². The summed E-state index contributed by atoms with van der Waals surface area (Å²) in [6, 6.07) is 4.59. The lowest BCUT2D eigenvalue weighted by molar-refractivity contribution is 0.252. The Morgan fingerprint density at radius 3 is 2.56 bits per heavy atom. The number of hydrogen-bond donors (Lipinski definition) is 0. The van der Waals surface area contributed by atoms with Crippen molar-refractivity contribution in [2.24, 2.45) is 0 Å². The van der Waals surface area contributed by atoms with Gasteiger partial charge < -0.3 is 14.4 Å². The molecule has 0 unspecified atom stereocenters. The van der Waals surface area contributed by atoms with E-state index in [2.05, 4.69) is 26.8 Å². The minimum absolute atomic E-state index is 0.0715. The van der Waals surface area contributed by atoms with Crippen molar-refractivity contribution in [1.29, 1.82) is 0 Å². The molecular weight excluding hydrogens is 546 g/mol. The molecule has 0 atom stereocenters. The summed E-state index contributed by atoms with van der Waals surface area (Å²) < 4.78 is 57.7. The maximum Gasteiger partial charge on any atom is 0.225 e. The van der Waals surface area contributed by atoms with Crippen molar-refractivity contribution in [1.82, 2.24) is 24.4 Å². The number of aromatic nitrogens is 4.